The number of benzene rings is 1. The summed E-state index contributed by atoms with van der Waals surface area (Å²) in [5, 5.41) is 3.54. The van der Waals surface area contributed by atoms with Gasteiger partial charge in [-0.1, -0.05) is 28.9 Å². The van der Waals surface area contributed by atoms with Crippen molar-refractivity contribution in [1.82, 2.24) is 10.2 Å². The summed E-state index contributed by atoms with van der Waals surface area (Å²) in [7, 11) is 2.22. The number of hydrogen-bond acceptors (Lipinski definition) is 3. The second-order valence-corrected chi connectivity index (χ2v) is 7.55. The maximum Gasteiger partial charge on any atom is 0.0427 e. The van der Waals surface area contributed by atoms with Gasteiger partial charge in [-0.25, -0.2) is 0 Å². The van der Waals surface area contributed by atoms with Crippen LogP contribution in [0, 0.1) is 0 Å². The van der Waals surface area contributed by atoms with Gasteiger partial charge in [-0.2, -0.15) is 0 Å². The fraction of sp³-hybridized carbons (Fsp3) is 0.647. The van der Waals surface area contributed by atoms with E-state index in [1.54, 1.807) is 0 Å². The van der Waals surface area contributed by atoms with E-state index in [4.69, 9.17) is 0 Å². The molecule has 1 aromatic rings. The van der Waals surface area contributed by atoms with Gasteiger partial charge in [-0.15, -0.1) is 0 Å². The first-order valence-electron chi connectivity index (χ1n) is 7.84. The number of halogens is 1. The fourth-order valence-electron chi connectivity index (χ4n) is 3.02. The first-order valence-corrected chi connectivity index (χ1v) is 8.63. The summed E-state index contributed by atoms with van der Waals surface area (Å²) in [6.07, 6.45) is 0. The van der Waals surface area contributed by atoms with E-state index in [0.717, 1.165) is 30.7 Å². The first-order chi connectivity index (χ1) is 9.85. The molecule has 2 rings (SSSR count). The van der Waals surface area contributed by atoms with E-state index >= 15 is 0 Å². The van der Waals surface area contributed by atoms with Gasteiger partial charge in [0.05, 0.1) is 0 Å². The van der Waals surface area contributed by atoms with Crippen molar-refractivity contribution < 1.29 is 0 Å². The molecule has 1 atom stereocenters. The molecule has 0 radical (unpaired) electrons. The van der Waals surface area contributed by atoms with E-state index in [9.17, 15) is 0 Å². The van der Waals surface area contributed by atoms with Crippen LogP contribution in [0.1, 0.15) is 39.3 Å². The van der Waals surface area contributed by atoms with Crippen LogP contribution in [0.5, 0.6) is 0 Å². The van der Waals surface area contributed by atoms with Gasteiger partial charge in [0.1, 0.15) is 0 Å². The molecule has 118 valence electrons. The quantitative estimate of drug-likeness (QED) is 0.891. The number of likely N-dealkylation sites (N-methyl/N-ethyl adjacent to an activating group) is 1. The van der Waals surface area contributed by atoms with Crippen molar-refractivity contribution in [3.05, 3.63) is 28.2 Å². The van der Waals surface area contributed by atoms with Crippen LogP contribution in [-0.2, 0) is 0 Å². The Morgan fingerprint density at radius 3 is 2.67 bits per heavy atom. The summed E-state index contributed by atoms with van der Waals surface area (Å²) in [5.74, 6) is 0. The monoisotopic (exact) mass is 353 g/mol. The minimum absolute atomic E-state index is 0.208. The molecular formula is C17H28BrN3. The van der Waals surface area contributed by atoms with Crippen LogP contribution in [0.3, 0.4) is 0 Å². The lowest BCUT2D eigenvalue weighted by Crippen LogP contribution is -2.58. The molecule has 4 heteroatoms. The van der Waals surface area contributed by atoms with Crippen molar-refractivity contribution >= 4 is 21.6 Å². The predicted octanol–water partition coefficient (Wildman–Crippen LogP) is 3.65. The smallest absolute Gasteiger partial charge is 0.0427 e. The molecule has 1 aromatic carbocycles. The molecule has 0 amide bonds. The van der Waals surface area contributed by atoms with E-state index in [1.807, 2.05) is 0 Å². The van der Waals surface area contributed by atoms with Crippen LogP contribution >= 0.6 is 15.9 Å². The minimum Gasteiger partial charge on any atom is -0.368 e. The average molecular weight is 354 g/mol. The lowest BCUT2D eigenvalue weighted by Gasteiger charge is -2.47. The van der Waals surface area contributed by atoms with Crippen LogP contribution in [0.2, 0.25) is 0 Å². The van der Waals surface area contributed by atoms with Crippen molar-refractivity contribution in [3.63, 3.8) is 0 Å². The van der Waals surface area contributed by atoms with E-state index in [-0.39, 0.29) is 5.54 Å². The Kier molecular flexibility index (Phi) is 5.33. The summed E-state index contributed by atoms with van der Waals surface area (Å²) in [6, 6.07) is 7.04. The number of nitrogens with one attached hydrogen (secondary N) is 1. The van der Waals surface area contributed by atoms with Crippen molar-refractivity contribution in [1.29, 1.82) is 0 Å². The van der Waals surface area contributed by atoms with Crippen molar-refractivity contribution in [2.75, 3.05) is 38.1 Å². The zero-order valence-corrected chi connectivity index (χ0v) is 15.5. The minimum atomic E-state index is 0.208. The standard InChI is InChI=1S/C17H28BrN3/c1-6-19-13(2)15-8-7-14(18)11-16(15)21-10-9-20(5)17(3,4)12-21/h7-8,11,13,19H,6,9-10,12H2,1-5H3. The third kappa shape index (κ3) is 3.79. The topological polar surface area (TPSA) is 18.5 Å². The molecule has 0 saturated carbocycles. The van der Waals surface area contributed by atoms with Gasteiger partial charge in [0.25, 0.3) is 0 Å². The third-order valence-corrected chi connectivity index (χ3v) is 5.12. The highest BCUT2D eigenvalue weighted by molar-refractivity contribution is 9.10. The highest BCUT2D eigenvalue weighted by Gasteiger charge is 2.32. The van der Waals surface area contributed by atoms with E-state index in [0.29, 0.717) is 6.04 Å². The Bertz CT molecular complexity index is 487. The van der Waals surface area contributed by atoms with Gasteiger partial charge in [0, 0.05) is 41.4 Å². The molecule has 0 aromatic heterocycles. The molecule has 0 spiro atoms. The normalized spacial score (nSPS) is 20.6. The largest absolute Gasteiger partial charge is 0.368 e. The summed E-state index contributed by atoms with van der Waals surface area (Å²) >= 11 is 3.63. The molecule has 21 heavy (non-hydrogen) atoms. The summed E-state index contributed by atoms with van der Waals surface area (Å²) in [6.45, 7) is 13.3. The van der Waals surface area contributed by atoms with Crippen LogP contribution in [0.25, 0.3) is 0 Å². The molecule has 1 aliphatic rings. The number of anilines is 1. The van der Waals surface area contributed by atoms with E-state index in [2.05, 4.69) is 84.0 Å². The van der Waals surface area contributed by atoms with Gasteiger partial charge in [-0.3, -0.25) is 4.90 Å². The van der Waals surface area contributed by atoms with Crippen LogP contribution in [0.15, 0.2) is 22.7 Å². The number of piperazine rings is 1. The maximum atomic E-state index is 3.63. The third-order valence-electron chi connectivity index (χ3n) is 4.63. The zero-order valence-electron chi connectivity index (χ0n) is 13.9. The van der Waals surface area contributed by atoms with Gasteiger partial charge in [0.15, 0.2) is 0 Å². The average Bonchev–Trinajstić information content (AvgIpc) is 2.42. The molecule has 1 aliphatic heterocycles. The van der Waals surface area contributed by atoms with Crippen molar-refractivity contribution in [2.24, 2.45) is 0 Å². The Labute approximate surface area is 137 Å². The van der Waals surface area contributed by atoms with Crippen LogP contribution in [0.4, 0.5) is 5.69 Å². The molecule has 1 fully saturated rings. The molecule has 0 bridgehead atoms. The zero-order chi connectivity index (χ0) is 15.6. The Balaban J connectivity index is 2.32. The second kappa shape index (κ2) is 6.67. The number of rotatable bonds is 4. The molecule has 1 unspecified atom stereocenters. The number of hydrogen-bond donors (Lipinski definition) is 1. The van der Waals surface area contributed by atoms with Crippen molar-refractivity contribution in [2.45, 2.75) is 39.3 Å². The lowest BCUT2D eigenvalue weighted by molar-refractivity contribution is 0.138. The van der Waals surface area contributed by atoms with E-state index < -0.39 is 0 Å². The molecule has 0 aliphatic carbocycles. The predicted molar refractivity (Wildman–Crippen MR) is 95.2 cm³/mol. The SMILES string of the molecule is CCNC(C)c1ccc(Br)cc1N1CCN(C)C(C)(C)C1. The van der Waals surface area contributed by atoms with Crippen molar-refractivity contribution in [3.8, 4) is 0 Å². The molecule has 3 nitrogen and oxygen atoms in total. The Morgan fingerprint density at radius 1 is 1.33 bits per heavy atom. The highest BCUT2D eigenvalue weighted by atomic mass is 79.9. The van der Waals surface area contributed by atoms with Gasteiger partial charge < -0.3 is 10.2 Å². The molecule has 1 saturated heterocycles. The van der Waals surface area contributed by atoms with Gasteiger partial charge in [-0.05, 0) is 52.1 Å². The Hall–Kier alpha value is -0.580. The van der Waals surface area contributed by atoms with E-state index in [1.165, 1.54) is 11.3 Å². The molecular weight excluding hydrogens is 326 g/mol. The lowest BCUT2D eigenvalue weighted by atomic mass is 9.97. The number of nitrogens with zero attached hydrogens (tertiary/aromatic N) is 2. The summed E-state index contributed by atoms with van der Waals surface area (Å²) < 4.78 is 1.15. The van der Waals surface area contributed by atoms with Crippen LogP contribution in [-0.4, -0.2) is 43.7 Å². The summed E-state index contributed by atoms with van der Waals surface area (Å²) in [4.78, 5) is 4.99. The van der Waals surface area contributed by atoms with Crippen LogP contribution < -0.4 is 10.2 Å². The van der Waals surface area contributed by atoms with Gasteiger partial charge >= 0.3 is 0 Å². The summed E-state index contributed by atoms with van der Waals surface area (Å²) in [5.41, 5.74) is 2.96. The highest BCUT2D eigenvalue weighted by Crippen LogP contribution is 2.32. The molecule has 1 heterocycles. The molecule has 1 N–H and O–H groups in total. The fourth-order valence-corrected chi connectivity index (χ4v) is 3.37. The Morgan fingerprint density at radius 2 is 2.05 bits per heavy atom. The second-order valence-electron chi connectivity index (χ2n) is 6.64. The van der Waals surface area contributed by atoms with Gasteiger partial charge in [0.2, 0.25) is 0 Å². The first kappa shape index (κ1) is 16.8. The maximum absolute atomic E-state index is 3.63.